The van der Waals surface area contributed by atoms with Crippen LogP contribution in [0.15, 0.2) is 0 Å². The number of aromatic nitrogens is 1. The summed E-state index contributed by atoms with van der Waals surface area (Å²) < 4.78 is 0. The first-order valence-corrected chi connectivity index (χ1v) is 10.3. The summed E-state index contributed by atoms with van der Waals surface area (Å²) in [5.74, 6) is 1.37. The Bertz CT molecular complexity index is 695. The van der Waals surface area contributed by atoms with Crippen LogP contribution in [-0.4, -0.2) is 52.3 Å². The minimum absolute atomic E-state index is 0.0146. The van der Waals surface area contributed by atoms with Gasteiger partial charge in [-0.25, -0.2) is 4.98 Å². The molecule has 1 aliphatic carbocycles. The molecular formula is C19H27N3O2S. The maximum absolute atomic E-state index is 13.1. The number of hydrogen-bond donors (Lipinski definition) is 0. The lowest BCUT2D eigenvalue weighted by atomic mass is 9.94. The smallest absolute Gasteiger partial charge is 0.265 e. The van der Waals surface area contributed by atoms with Gasteiger partial charge in [0.05, 0.1) is 16.6 Å². The number of carbonyl (C=O) groups is 2. The number of piperidine rings is 1. The fourth-order valence-electron chi connectivity index (χ4n) is 4.03. The highest BCUT2D eigenvalue weighted by Crippen LogP contribution is 2.36. The van der Waals surface area contributed by atoms with E-state index in [-0.39, 0.29) is 23.8 Å². The molecule has 0 radical (unpaired) electrons. The maximum atomic E-state index is 13.1. The van der Waals surface area contributed by atoms with E-state index >= 15 is 0 Å². The van der Waals surface area contributed by atoms with Crippen LogP contribution in [0.5, 0.6) is 0 Å². The molecule has 25 heavy (non-hydrogen) atoms. The van der Waals surface area contributed by atoms with Crippen LogP contribution >= 0.6 is 11.3 Å². The molecule has 4 fully saturated rings. The number of aryl methyl sites for hydroxylation is 1. The molecule has 0 spiro atoms. The van der Waals surface area contributed by atoms with E-state index in [0.29, 0.717) is 24.9 Å². The lowest BCUT2D eigenvalue weighted by Gasteiger charge is -2.36. The third-order valence-electron chi connectivity index (χ3n) is 5.73. The minimum atomic E-state index is -0.0146. The van der Waals surface area contributed by atoms with Gasteiger partial charge in [0.15, 0.2) is 0 Å². The van der Waals surface area contributed by atoms with E-state index < -0.39 is 0 Å². The van der Waals surface area contributed by atoms with Crippen LogP contribution in [-0.2, 0) is 4.79 Å². The van der Waals surface area contributed by atoms with Gasteiger partial charge in [0.2, 0.25) is 5.91 Å². The quantitative estimate of drug-likeness (QED) is 0.828. The van der Waals surface area contributed by atoms with Crippen LogP contribution in [0.3, 0.4) is 0 Å². The Morgan fingerprint density at radius 2 is 2.00 bits per heavy atom. The molecule has 136 valence electrons. The Morgan fingerprint density at radius 3 is 2.64 bits per heavy atom. The molecule has 2 amide bonds. The van der Waals surface area contributed by atoms with Crippen molar-refractivity contribution in [3.63, 3.8) is 0 Å². The van der Waals surface area contributed by atoms with Gasteiger partial charge in [-0.1, -0.05) is 13.8 Å². The summed E-state index contributed by atoms with van der Waals surface area (Å²) in [7, 11) is 0. The average Bonchev–Trinajstić information content (AvgIpc) is 3.35. The van der Waals surface area contributed by atoms with Crippen molar-refractivity contribution in [3.8, 4) is 0 Å². The van der Waals surface area contributed by atoms with Gasteiger partial charge in [0.1, 0.15) is 4.88 Å². The van der Waals surface area contributed by atoms with E-state index in [4.69, 9.17) is 0 Å². The highest BCUT2D eigenvalue weighted by atomic mass is 32.1. The van der Waals surface area contributed by atoms with Crippen molar-refractivity contribution in [3.05, 3.63) is 15.6 Å². The predicted octanol–water partition coefficient (Wildman–Crippen LogP) is 3.05. The Kier molecular flexibility index (Phi) is 4.34. The Morgan fingerprint density at radius 1 is 1.24 bits per heavy atom. The Balaban J connectivity index is 1.55. The molecule has 5 rings (SSSR count). The molecule has 0 N–H and O–H groups in total. The summed E-state index contributed by atoms with van der Waals surface area (Å²) in [6.07, 6.45) is 4.46. The van der Waals surface area contributed by atoms with Crippen molar-refractivity contribution in [1.29, 1.82) is 0 Å². The minimum Gasteiger partial charge on any atom is -0.337 e. The Hall–Kier alpha value is -1.43. The van der Waals surface area contributed by atoms with E-state index in [0.717, 1.165) is 35.0 Å². The second-order valence-electron chi connectivity index (χ2n) is 8.19. The maximum Gasteiger partial charge on any atom is 0.265 e. The van der Waals surface area contributed by atoms with Gasteiger partial charge in [0.25, 0.3) is 5.91 Å². The number of rotatable bonds is 4. The van der Waals surface area contributed by atoms with Crippen molar-refractivity contribution >= 4 is 23.2 Å². The van der Waals surface area contributed by atoms with Gasteiger partial charge in [-0.3, -0.25) is 9.59 Å². The summed E-state index contributed by atoms with van der Waals surface area (Å²) in [6, 6.07) is 0.202. The molecule has 5 nitrogen and oxygen atoms in total. The second-order valence-corrected chi connectivity index (χ2v) is 9.22. The zero-order chi connectivity index (χ0) is 17.7. The van der Waals surface area contributed by atoms with Crippen LogP contribution in [0.2, 0.25) is 0 Å². The van der Waals surface area contributed by atoms with Crippen LogP contribution in [0.4, 0.5) is 0 Å². The predicted molar refractivity (Wildman–Crippen MR) is 97.8 cm³/mol. The number of carbonyl (C=O) groups excluding carboxylic acids is 2. The molecule has 0 aromatic carbocycles. The highest BCUT2D eigenvalue weighted by Gasteiger charge is 2.43. The number of nitrogens with zero attached hydrogens (tertiary/aromatic N) is 3. The first-order valence-electron chi connectivity index (χ1n) is 9.51. The summed E-state index contributed by atoms with van der Waals surface area (Å²) >= 11 is 1.52. The van der Waals surface area contributed by atoms with Crippen molar-refractivity contribution in [2.75, 3.05) is 19.6 Å². The van der Waals surface area contributed by atoms with Gasteiger partial charge in [-0.05, 0) is 38.5 Å². The third-order valence-corrected chi connectivity index (χ3v) is 7.18. The van der Waals surface area contributed by atoms with Gasteiger partial charge < -0.3 is 9.80 Å². The summed E-state index contributed by atoms with van der Waals surface area (Å²) in [4.78, 5) is 35.3. The first kappa shape index (κ1) is 17.0. The SMILES string of the molecule is Cc1nc(C(C)C)sc1C(=O)N1C[C@H]2CC[C@@H](C1)N(CC1CC1)C2=O. The van der Waals surface area contributed by atoms with Crippen molar-refractivity contribution in [2.45, 2.75) is 58.4 Å². The van der Waals surface area contributed by atoms with Crippen molar-refractivity contribution in [2.24, 2.45) is 11.8 Å². The molecule has 4 aliphatic rings. The molecule has 1 aromatic heterocycles. The molecule has 1 saturated carbocycles. The first-order chi connectivity index (χ1) is 11.9. The highest BCUT2D eigenvalue weighted by molar-refractivity contribution is 7.13. The molecule has 3 saturated heterocycles. The van der Waals surface area contributed by atoms with E-state index in [2.05, 4.69) is 23.7 Å². The monoisotopic (exact) mass is 361 g/mol. The zero-order valence-electron chi connectivity index (χ0n) is 15.3. The number of thiazole rings is 1. The molecule has 0 unspecified atom stereocenters. The third kappa shape index (κ3) is 3.21. The zero-order valence-corrected chi connectivity index (χ0v) is 16.1. The average molecular weight is 362 g/mol. The van der Waals surface area contributed by atoms with E-state index in [1.807, 2.05) is 11.8 Å². The van der Waals surface area contributed by atoms with Crippen LogP contribution in [0.1, 0.15) is 65.8 Å². The van der Waals surface area contributed by atoms with Gasteiger partial charge in [0, 0.05) is 31.6 Å². The number of hydrogen-bond acceptors (Lipinski definition) is 4. The standard InChI is InChI=1S/C19H27N3O2S/c1-11(2)17-20-12(3)16(25-17)19(24)21-9-14-6-7-15(10-21)22(18(14)23)8-13-4-5-13/h11,13-15H,4-10H2,1-3H3/t14-,15+/m1/s1. The van der Waals surface area contributed by atoms with Crippen LogP contribution in [0.25, 0.3) is 0 Å². The molecule has 3 aliphatic heterocycles. The lowest BCUT2D eigenvalue weighted by molar-refractivity contribution is -0.140. The topological polar surface area (TPSA) is 53.5 Å². The largest absolute Gasteiger partial charge is 0.337 e. The second kappa shape index (κ2) is 6.38. The lowest BCUT2D eigenvalue weighted by Crippen LogP contribution is -2.48. The number of fused-ring (bicyclic) bond motifs is 4. The van der Waals surface area contributed by atoms with Crippen molar-refractivity contribution < 1.29 is 9.59 Å². The normalized spacial score (nSPS) is 26.5. The van der Waals surface area contributed by atoms with E-state index in [9.17, 15) is 9.59 Å². The molecule has 2 atom stereocenters. The van der Waals surface area contributed by atoms with E-state index in [1.54, 1.807) is 0 Å². The van der Waals surface area contributed by atoms with Gasteiger partial charge >= 0.3 is 0 Å². The summed E-state index contributed by atoms with van der Waals surface area (Å²) in [5.41, 5.74) is 0.830. The Labute approximate surface area is 153 Å². The van der Waals surface area contributed by atoms with E-state index in [1.165, 1.54) is 24.2 Å². The van der Waals surface area contributed by atoms with Crippen LogP contribution < -0.4 is 0 Å². The summed E-state index contributed by atoms with van der Waals surface area (Å²) in [5, 5.41) is 1.02. The van der Waals surface area contributed by atoms with Gasteiger partial charge in [-0.2, -0.15) is 0 Å². The molecule has 1 aromatic rings. The van der Waals surface area contributed by atoms with Crippen molar-refractivity contribution in [1.82, 2.24) is 14.8 Å². The molecule has 2 bridgehead atoms. The molecular weight excluding hydrogens is 334 g/mol. The fraction of sp³-hybridized carbons (Fsp3) is 0.737. The fourth-order valence-corrected chi connectivity index (χ4v) is 5.07. The van der Waals surface area contributed by atoms with Crippen LogP contribution in [0, 0.1) is 18.8 Å². The molecule has 6 heteroatoms. The number of amides is 2. The van der Waals surface area contributed by atoms with Gasteiger partial charge in [-0.15, -0.1) is 11.3 Å². The summed E-state index contributed by atoms with van der Waals surface area (Å²) in [6.45, 7) is 8.29. The molecule has 4 heterocycles.